The van der Waals surface area contributed by atoms with Gasteiger partial charge in [-0.25, -0.2) is 4.98 Å². The molecule has 1 aliphatic rings. The molecule has 0 saturated carbocycles. The van der Waals surface area contributed by atoms with E-state index in [4.69, 9.17) is 5.73 Å². The van der Waals surface area contributed by atoms with Gasteiger partial charge in [0, 0.05) is 23.7 Å². The molecule has 0 bridgehead atoms. The van der Waals surface area contributed by atoms with Crippen molar-refractivity contribution in [3.8, 4) is 0 Å². The van der Waals surface area contributed by atoms with Gasteiger partial charge in [-0.3, -0.25) is 14.8 Å². The number of nitrogens with two attached hydrogens (primary N) is 1. The van der Waals surface area contributed by atoms with Crippen LogP contribution in [0.1, 0.15) is 33.0 Å². The molecule has 0 radical (unpaired) electrons. The summed E-state index contributed by atoms with van der Waals surface area (Å²) in [6.07, 6.45) is 4.30. The third kappa shape index (κ3) is 3.09. The van der Waals surface area contributed by atoms with Crippen molar-refractivity contribution >= 4 is 34.8 Å². The number of aromatic nitrogens is 3. The lowest BCUT2D eigenvalue weighted by atomic mass is 9.99. The van der Waals surface area contributed by atoms with E-state index in [1.807, 2.05) is 14.0 Å². The van der Waals surface area contributed by atoms with Crippen LogP contribution in [-0.2, 0) is 19.9 Å². The summed E-state index contributed by atoms with van der Waals surface area (Å²) in [5.41, 5.74) is 8.45. The molecule has 1 amide bonds. The summed E-state index contributed by atoms with van der Waals surface area (Å²) in [6.45, 7) is 1.87. The zero-order valence-corrected chi connectivity index (χ0v) is 13.6. The van der Waals surface area contributed by atoms with E-state index in [-0.39, 0.29) is 24.4 Å². The molecule has 114 valence electrons. The molecule has 0 unspecified atom stereocenters. The van der Waals surface area contributed by atoms with Gasteiger partial charge in [0.2, 0.25) is 0 Å². The van der Waals surface area contributed by atoms with Crippen molar-refractivity contribution in [3.63, 3.8) is 0 Å². The van der Waals surface area contributed by atoms with E-state index < -0.39 is 0 Å². The van der Waals surface area contributed by atoms with E-state index in [0.717, 1.165) is 30.7 Å². The maximum Gasteiger partial charge on any atom is 0.260 e. The number of thiazole rings is 1. The summed E-state index contributed by atoms with van der Waals surface area (Å²) in [4.78, 5) is 17.9. The summed E-state index contributed by atoms with van der Waals surface area (Å²) in [7, 11) is 1.82. The maximum absolute atomic E-state index is 12.2. The van der Waals surface area contributed by atoms with Gasteiger partial charge in [-0.15, -0.1) is 23.7 Å². The molecule has 6 nitrogen and oxygen atoms in total. The molecule has 0 spiro atoms. The molecule has 8 heteroatoms. The standard InChI is InChI=1S/C13H17N5OS.ClH/c1-7-9(6-15-18(7)2)12(19)17-13-16-10-4-3-8(14)5-11(10)20-13;/h6,8H,3-5,14H2,1-2H3,(H,16,17,19);1H/t8-;/m0./s1. The highest BCUT2D eigenvalue weighted by Gasteiger charge is 2.21. The molecule has 0 fully saturated rings. The quantitative estimate of drug-likeness (QED) is 0.878. The Hall–Kier alpha value is -1.44. The Labute approximate surface area is 133 Å². The lowest BCUT2D eigenvalue weighted by Gasteiger charge is -2.15. The van der Waals surface area contributed by atoms with Gasteiger partial charge < -0.3 is 5.73 Å². The second kappa shape index (κ2) is 6.13. The summed E-state index contributed by atoms with van der Waals surface area (Å²) < 4.78 is 1.68. The smallest absolute Gasteiger partial charge is 0.260 e. The van der Waals surface area contributed by atoms with Crippen LogP contribution in [0.3, 0.4) is 0 Å². The average Bonchev–Trinajstić information content (AvgIpc) is 2.93. The van der Waals surface area contributed by atoms with Crippen molar-refractivity contribution in [1.82, 2.24) is 14.8 Å². The van der Waals surface area contributed by atoms with Gasteiger partial charge in [0.1, 0.15) is 0 Å². The number of nitrogens with one attached hydrogen (secondary N) is 1. The van der Waals surface area contributed by atoms with Gasteiger partial charge in [-0.1, -0.05) is 0 Å². The summed E-state index contributed by atoms with van der Waals surface area (Å²) in [5.74, 6) is -0.161. The monoisotopic (exact) mass is 327 g/mol. The number of carbonyl (C=O) groups is 1. The fourth-order valence-electron chi connectivity index (χ4n) is 2.34. The number of hydrogen-bond donors (Lipinski definition) is 2. The first-order valence-corrected chi connectivity index (χ1v) is 7.40. The van der Waals surface area contributed by atoms with Crippen LogP contribution in [-0.4, -0.2) is 26.7 Å². The minimum atomic E-state index is -0.161. The van der Waals surface area contributed by atoms with Crippen LogP contribution in [0.4, 0.5) is 5.13 Å². The van der Waals surface area contributed by atoms with Crippen LogP contribution >= 0.6 is 23.7 Å². The molecule has 1 aliphatic carbocycles. The Balaban J connectivity index is 0.00000161. The highest BCUT2D eigenvalue weighted by molar-refractivity contribution is 7.15. The van der Waals surface area contributed by atoms with Gasteiger partial charge in [0.05, 0.1) is 17.5 Å². The molecular formula is C13H18ClN5OS. The van der Waals surface area contributed by atoms with Crippen LogP contribution in [0.25, 0.3) is 0 Å². The predicted octanol–water partition coefficient (Wildman–Crippen LogP) is 1.68. The highest BCUT2D eigenvalue weighted by Crippen LogP contribution is 2.29. The highest BCUT2D eigenvalue weighted by atomic mass is 35.5. The van der Waals surface area contributed by atoms with E-state index in [1.165, 1.54) is 16.2 Å². The Morgan fingerprint density at radius 2 is 2.33 bits per heavy atom. The van der Waals surface area contributed by atoms with Crippen LogP contribution in [0.15, 0.2) is 6.20 Å². The zero-order valence-electron chi connectivity index (χ0n) is 11.9. The SMILES string of the molecule is Cc1c(C(=O)Nc2nc3c(s2)C[C@@H](N)CC3)cnn1C.Cl. The molecule has 2 aromatic rings. The van der Waals surface area contributed by atoms with Crippen LogP contribution < -0.4 is 11.1 Å². The molecule has 3 rings (SSSR count). The van der Waals surface area contributed by atoms with Gasteiger partial charge in [0.15, 0.2) is 5.13 Å². The molecular weight excluding hydrogens is 310 g/mol. The number of rotatable bonds is 2. The molecule has 2 aromatic heterocycles. The van der Waals surface area contributed by atoms with Crippen molar-refractivity contribution in [3.05, 3.63) is 28.0 Å². The van der Waals surface area contributed by atoms with Crippen molar-refractivity contribution in [2.45, 2.75) is 32.2 Å². The Morgan fingerprint density at radius 3 is 3.00 bits per heavy atom. The third-order valence-electron chi connectivity index (χ3n) is 3.68. The van der Waals surface area contributed by atoms with Crippen molar-refractivity contribution in [2.75, 3.05) is 5.32 Å². The molecule has 21 heavy (non-hydrogen) atoms. The number of anilines is 1. The Kier molecular flexibility index (Phi) is 4.65. The minimum absolute atomic E-state index is 0. The van der Waals surface area contributed by atoms with Crippen LogP contribution in [0.2, 0.25) is 0 Å². The normalized spacial score (nSPS) is 17.0. The largest absolute Gasteiger partial charge is 0.327 e. The van der Waals surface area contributed by atoms with Gasteiger partial charge in [-0.2, -0.15) is 5.10 Å². The molecule has 0 aromatic carbocycles. The minimum Gasteiger partial charge on any atom is -0.327 e. The molecule has 3 N–H and O–H groups in total. The first kappa shape index (κ1) is 15.9. The van der Waals surface area contributed by atoms with E-state index in [0.29, 0.717) is 10.7 Å². The molecule has 1 atom stereocenters. The second-order valence-electron chi connectivity index (χ2n) is 5.11. The topological polar surface area (TPSA) is 85.8 Å². The van der Waals surface area contributed by atoms with E-state index in [9.17, 15) is 4.79 Å². The number of amides is 1. The lowest BCUT2D eigenvalue weighted by molar-refractivity contribution is 0.102. The summed E-state index contributed by atoms with van der Waals surface area (Å²) in [6, 6.07) is 0.215. The van der Waals surface area contributed by atoms with Crippen molar-refractivity contribution in [2.24, 2.45) is 12.8 Å². The molecule has 0 saturated heterocycles. The number of fused-ring (bicyclic) bond motifs is 1. The fourth-order valence-corrected chi connectivity index (χ4v) is 3.44. The van der Waals surface area contributed by atoms with E-state index in [1.54, 1.807) is 10.9 Å². The van der Waals surface area contributed by atoms with Crippen molar-refractivity contribution in [1.29, 1.82) is 0 Å². The predicted molar refractivity (Wildman–Crippen MR) is 85.3 cm³/mol. The Morgan fingerprint density at radius 1 is 1.57 bits per heavy atom. The van der Waals surface area contributed by atoms with Crippen LogP contribution in [0.5, 0.6) is 0 Å². The second-order valence-corrected chi connectivity index (χ2v) is 6.20. The van der Waals surface area contributed by atoms with Gasteiger partial charge in [0.25, 0.3) is 5.91 Å². The summed E-state index contributed by atoms with van der Waals surface area (Å²) >= 11 is 1.52. The Bertz CT molecular complexity index is 666. The van der Waals surface area contributed by atoms with E-state index >= 15 is 0 Å². The third-order valence-corrected chi connectivity index (χ3v) is 4.71. The average molecular weight is 328 g/mol. The number of halogens is 1. The van der Waals surface area contributed by atoms with Gasteiger partial charge in [-0.05, 0) is 26.2 Å². The summed E-state index contributed by atoms with van der Waals surface area (Å²) in [5, 5.41) is 7.59. The van der Waals surface area contributed by atoms with E-state index in [2.05, 4.69) is 15.4 Å². The first-order chi connectivity index (χ1) is 9.54. The lowest BCUT2D eigenvalue weighted by Crippen LogP contribution is -2.27. The first-order valence-electron chi connectivity index (χ1n) is 6.58. The molecule has 0 aliphatic heterocycles. The number of carbonyl (C=O) groups excluding carboxylic acids is 1. The number of hydrogen-bond acceptors (Lipinski definition) is 5. The molecule has 2 heterocycles. The number of aryl methyl sites for hydroxylation is 2. The maximum atomic E-state index is 12.2. The van der Waals surface area contributed by atoms with Gasteiger partial charge >= 0.3 is 0 Å². The fraction of sp³-hybridized carbons (Fsp3) is 0.462. The van der Waals surface area contributed by atoms with Crippen molar-refractivity contribution < 1.29 is 4.79 Å². The zero-order chi connectivity index (χ0) is 14.3. The van der Waals surface area contributed by atoms with Crippen LogP contribution in [0, 0.1) is 6.92 Å². The number of nitrogens with zero attached hydrogens (tertiary/aromatic N) is 3.